The van der Waals surface area contributed by atoms with Crippen LogP contribution in [0.4, 0.5) is 5.69 Å². The summed E-state index contributed by atoms with van der Waals surface area (Å²) in [6, 6.07) is 8.15. The molecule has 1 saturated carbocycles. The Bertz CT molecular complexity index is 482. The number of benzene rings is 1. The van der Waals surface area contributed by atoms with Gasteiger partial charge in [0.1, 0.15) is 0 Å². The standard InChI is InChI=1S/C16H21NO2/c1-11(2)12-9-17(10-12)14-5-3-13(4-6-14)16(7-8-16)15(18)19/h3-6,11-12H,7-10H2,1-2H3,(H,18,19). The number of nitrogens with zero attached hydrogens (tertiary/aromatic N) is 1. The largest absolute Gasteiger partial charge is 0.481 e. The molecule has 1 aromatic carbocycles. The van der Waals surface area contributed by atoms with Crippen molar-refractivity contribution in [1.29, 1.82) is 0 Å². The molecule has 0 atom stereocenters. The maximum absolute atomic E-state index is 11.3. The fraction of sp³-hybridized carbons (Fsp3) is 0.562. The van der Waals surface area contributed by atoms with Gasteiger partial charge in [-0.3, -0.25) is 4.79 Å². The highest BCUT2D eigenvalue weighted by Gasteiger charge is 2.51. The van der Waals surface area contributed by atoms with Crippen LogP contribution in [0.3, 0.4) is 0 Å². The summed E-state index contributed by atoms with van der Waals surface area (Å²) in [5.41, 5.74) is 1.61. The molecular weight excluding hydrogens is 238 g/mol. The Morgan fingerprint density at radius 1 is 1.26 bits per heavy atom. The summed E-state index contributed by atoms with van der Waals surface area (Å²) >= 11 is 0. The van der Waals surface area contributed by atoms with E-state index in [1.54, 1.807) is 0 Å². The molecular formula is C16H21NO2. The molecule has 1 aromatic rings. The fourth-order valence-corrected chi connectivity index (χ4v) is 2.89. The molecule has 0 unspecified atom stereocenters. The lowest BCUT2D eigenvalue weighted by atomic mass is 9.87. The second-order valence-corrected chi connectivity index (χ2v) is 6.34. The maximum atomic E-state index is 11.3. The van der Waals surface area contributed by atoms with E-state index in [2.05, 4.69) is 30.9 Å². The monoisotopic (exact) mass is 259 g/mol. The van der Waals surface area contributed by atoms with Crippen LogP contribution < -0.4 is 4.90 Å². The van der Waals surface area contributed by atoms with Gasteiger partial charge < -0.3 is 10.0 Å². The molecule has 3 nitrogen and oxygen atoms in total. The minimum atomic E-state index is -0.677. The molecule has 1 N–H and O–H groups in total. The summed E-state index contributed by atoms with van der Waals surface area (Å²) in [4.78, 5) is 13.6. The smallest absolute Gasteiger partial charge is 0.314 e. The summed E-state index contributed by atoms with van der Waals surface area (Å²) < 4.78 is 0. The Balaban J connectivity index is 1.69. The maximum Gasteiger partial charge on any atom is 0.314 e. The second kappa shape index (κ2) is 4.26. The molecule has 2 fully saturated rings. The minimum Gasteiger partial charge on any atom is -0.481 e. The van der Waals surface area contributed by atoms with E-state index in [1.165, 1.54) is 5.69 Å². The second-order valence-electron chi connectivity index (χ2n) is 6.34. The van der Waals surface area contributed by atoms with Crippen LogP contribution in [0, 0.1) is 11.8 Å². The molecule has 102 valence electrons. The topological polar surface area (TPSA) is 40.5 Å². The highest BCUT2D eigenvalue weighted by molar-refractivity contribution is 5.85. The van der Waals surface area contributed by atoms with E-state index in [-0.39, 0.29) is 0 Å². The average molecular weight is 259 g/mol. The van der Waals surface area contributed by atoms with Gasteiger partial charge in [0.15, 0.2) is 0 Å². The number of aliphatic carboxylic acids is 1. The number of carbonyl (C=O) groups is 1. The van der Waals surface area contributed by atoms with Gasteiger partial charge in [0.25, 0.3) is 0 Å². The molecule has 0 bridgehead atoms. The van der Waals surface area contributed by atoms with Crippen molar-refractivity contribution in [1.82, 2.24) is 0 Å². The van der Waals surface area contributed by atoms with Gasteiger partial charge in [-0.05, 0) is 42.4 Å². The van der Waals surface area contributed by atoms with E-state index >= 15 is 0 Å². The predicted molar refractivity (Wildman–Crippen MR) is 75.5 cm³/mol. The third kappa shape index (κ3) is 2.01. The molecule has 3 heteroatoms. The lowest BCUT2D eigenvalue weighted by molar-refractivity contribution is -0.140. The van der Waals surface area contributed by atoms with Gasteiger partial charge in [0, 0.05) is 18.8 Å². The van der Waals surface area contributed by atoms with Crippen molar-refractivity contribution in [3.63, 3.8) is 0 Å². The molecule has 1 saturated heterocycles. The van der Waals surface area contributed by atoms with E-state index in [4.69, 9.17) is 0 Å². The van der Waals surface area contributed by atoms with Crippen molar-refractivity contribution in [2.75, 3.05) is 18.0 Å². The van der Waals surface area contributed by atoms with Gasteiger partial charge in [-0.25, -0.2) is 0 Å². The van der Waals surface area contributed by atoms with Crippen LogP contribution in [0.5, 0.6) is 0 Å². The molecule has 1 heterocycles. The lowest BCUT2D eigenvalue weighted by Gasteiger charge is -2.43. The lowest BCUT2D eigenvalue weighted by Crippen LogP contribution is -2.49. The van der Waals surface area contributed by atoms with Crippen LogP contribution in [-0.2, 0) is 10.2 Å². The van der Waals surface area contributed by atoms with E-state index in [0.29, 0.717) is 0 Å². The summed E-state index contributed by atoms with van der Waals surface area (Å²) in [5, 5.41) is 9.28. The zero-order valence-corrected chi connectivity index (χ0v) is 11.6. The molecule has 1 aliphatic heterocycles. The fourth-order valence-electron chi connectivity index (χ4n) is 2.89. The van der Waals surface area contributed by atoms with Crippen molar-refractivity contribution in [3.05, 3.63) is 29.8 Å². The number of hydrogen-bond acceptors (Lipinski definition) is 2. The van der Waals surface area contributed by atoms with Gasteiger partial charge in [0.05, 0.1) is 5.41 Å². The van der Waals surface area contributed by atoms with Gasteiger partial charge >= 0.3 is 5.97 Å². The van der Waals surface area contributed by atoms with Crippen LogP contribution in [0.25, 0.3) is 0 Å². The molecule has 0 spiro atoms. The predicted octanol–water partition coefficient (Wildman–Crippen LogP) is 2.90. The Labute approximate surface area is 114 Å². The molecule has 2 aliphatic rings. The average Bonchev–Trinajstić information content (AvgIpc) is 3.08. The number of hydrogen-bond donors (Lipinski definition) is 1. The van der Waals surface area contributed by atoms with E-state index in [0.717, 1.165) is 43.3 Å². The molecule has 0 radical (unpaired) electrons. The van der Waals surface area contributed by atoms with E-state index < -0.39 is 11.4 Å². The quantitative estimate of drug-likeness (QED) is 0.904. The first-order chi connectivity index (χ1) is 9.03. The SMILES string of the molecule is CC(C)C1CN(c2ccc(C3(C(=O)O)CC3)cc2)C1. The van der Waals surface area contributed by atoms with Crippen molar-refractivity contribution in [2.45, 2.75) is 32.1 Å². The van der Waals surface area contributed by atoms with E-state index in [1.807, 2.05) is 12.1 Å². The first kappa shape index (κ1) is 12.5. The Morgan fingerprint density at radius 2 is 1.84 bits per heavy atom. The number of carboxylic acid groups (broad SMARTS) is 1. The molecule has 19 heavy (non-hydrogen) atoms. The summed E-state index contributed by atoms with van der Waals surface area (Å²) in [6.45, 7) is 6.80. The van der Waals surface area contributed by atoms with Crippen LogP contribution in [0.2, 0.25) is 0 Å². The van der Waals surface area contributed by atoms with Crippen LogP contribution >= 0.6 is 0 Å². The van der Waals surface area contributed by atoms with Crippen molar-refractivity contribution < 1.29 is 9.90 Å². The van der Waals surface area contributed by atoms with Crippen LogP contribution in [-0.4, -0.2) is 24.2 Å². The van der Waals surface area contributed by atoms with Crippen molar-refractivity contribution >= 4 is 11.7 Å². The third-order valence-electron chi connectivity index (χ3n) is 4.80. The van der Waals surface area contributed by atoms with Gasteiger partial charge in [-0.15, -0.1) is 0 Å². The zero-order valence-electron chi connectivity index (χ0n) is 11.6. The Morgan fingerprint density at radius 3 is 2.26 bits per heavy atom. The summed E-state index contributed by atoms with van der Waals surface area (Å²) in [5.74, 6) is 0.870. The highest BCUT2D eigenvalue weighted by Crippen LogP contribution is 2.48. The normalized spacial score (nSPS) is 21.3. The van der Waals surface area contributed by atoms with Crippen molar-refractivity contribution in [3.8, 4) is 0 Å². The van der Waals surface area contributed by atoms with Gasteiger partial charge in [-0.1, -0.05) is 26.0 Å². The van der Waals surface area contributed by atoms with Crippen LogP contribution in [0.15, 0.2) is 24.3 Å². The van der Waals surface area contributed by atoms with Crippen LogP contribution in [0.1, 0.15) is 32.3 Å². The number of rotatable bonds is 4. The van der Waals surface area contributed by atoms with Crippen molar-refractivity contribution in [2.24, 2.45) is 11.8 Å². The summed E-state index contributed by atoms with van der Waals surface area (Å²) in [7, 11) is 0. The Kier molecular flexibility index (Phi) is 2.80. The first-order valence-electron chi connectivity index (χ1n) is 7.12. The third-order valence-corrected chi connectivity index (χ3v) is 4.80. The molecule has 0 amide bonds. The number of carboxylic acids is 1. The first-order valence-corrected chi connectivity index (χ1v) is 7.12. The summed E-state index contributed by atoms with van der Waals surface area (Å²) in [6.07, 6.45) is 1.56. The number of anilines is 1. The van der Waals surface area contributed by atoms with Gasteiger partial charge in [0.2, 0.25) is 0 Å². The molecule has 0 aromatic heterocycles. The van der Waals surface area contributed by atoms with Gasteiger partial charge in [-0.2, -0.15) is 0 Å². The van der Waals surface area contributed by atoms with E-state index in [9.17, 15) is 9.90 Å². The highest BCUT2D eigenvalue weighted by atomic mass is 16.4. The minimum absolute atomic E-state index is 0.575. The molecule has 3 rings (SSSR count). The molecule has 1 aliphatic carbocycles. The zero-order chi connectivity index (χ0) is 13.6. The Hall–Kier alpha value is -1.51.